The van der Waals surface area contributed by atoms with Crippen molar-refractivity contribution in [2.75, 3.05) is 46.3 Å². The van der Waals surface area contributed by atoms with Crippen molar-refractivity contribution >= 4 is 10.2 Å². The molecule has 2 aliphatic rings. The fourth-order valence-corrected chi connectivity index (χ4v) is 4.78. The molecule has 0 aromatic rings. The van der Waals surface area contributed by atoms with Crippen LogP contribution in [-0.4, -0.2) is 70.0 Å². The van der Waals surface area contributed by atoms with Crippen LogP contribution in [0.15, 0.2) is 0 Å². The lowest BCUT2D eigenvalue weighted by molar-refractivity contribution is 0.263. The molecule has 124 valence electrons. The molecule has 0 aromatic carbocycles. The van der Waals surface area contributed by atoms with E-state index in [9.17, 15) is 8.42 Å². The normalized spacial score (nSPS) is 24.5. The van der Waals surface area contributed by atoms with Gasteiger partial charge >= 0.3 is 0 Å². The third-order valence-corrected chi connectivity index (χ3v) is 6.23. The lowest BCUT2D eigenvalue weighted by Crippen LogP contribution is -2.50. The topological polar surface area (TPSA) is 64.7 Å². The standard InChI is InChI=1S/C14H30N4O2S/c1-13(12-17-7-3-4-8-17)16-21(19,20)18-9-5-14(6-10-18)11-15-2/h13-16H,3-12H2,1-2H3. The predicted molar refractivity (Wildman–Crippen MR) is 85.4 cm³/mol. The summed E-state index contributed by atoms with van der Waals surface area (Å²) < 4.78 is 29.3. The Balaban J connectivity index is 1.78. The van der Waals surface area contributed by atoms with Crippen LogP contribution in [0.3, 0.4) is 0 Å². The molecule has 1 unspecified atom stereocenters. The van der Waals surface area contributed by atoms with Crippen molar-refractivity contribution in [1.82, 2.24) is 19.2 Å². The summed E-state index contributed by atoms with van der Waals surface area (Å²) in [7, 11) is -1.38. The van der Waals surface area contributed by atoms with E-state index in [1.807, 2.05) is 14.0 Å². The van der Waals surface area contributed by atoms with Crippen molar-refractivity contribution in [2.45, 2.75) is 38.6 Å². The SMILES string of the molecule is CNCC1CCN(S(=O)(=O)NC(C)CN2CCCC2)CC1. The van der Waals surface area contributed by atoms with Crippen LogP contribution in [0.5, 0.6) is 0 Å². The van der Waals surface area contributed by atoms with Crippen LogP contribution in [0.2, 0.25) is 0 Å². The van der Waals surface area contributed by atoms with Crippen LogP contribution in [0.4, 0.5) is 0 Å². The third-order valence-electron chi connectivity index (χ3n) is 4.49. The van der Waals surface area contributed by atoms with Gasteiger partial charge in [-0.05, 0) is 65.2 Å². The second-order valence-corrected chi connectivity index (χ2v) is 8.13. The first-order chi connectivity index (χ1) is 10.0. The largest absolute Gasteiger partial charge is 0.319 e. The van der Waals surface area contributed by atoms with Gasteiger partial charge in [-0.15, -0.1) is 0 Å². The maximum Gasteiger partial charge on any atom is 0.279 e. The highest BCUT2D eigenvalue weighted by molar-refractivity contribution is 7.87. The molecule has 2 aliphatic heterocycles. The molecule has 0 aromatic heterocycles. The molecular weight excluding hydrogens is 288 g/mol. The second kappa shape index (κ2) is 7.87. The molecule has 2 fully saturated rings. The quantitative estimate of drug-likeness (QED) is 0.706. The average Bonchev–Trinajstić information content (AvgIpc) is 2.92. The van der Waals surface area contributed by atoms with Crippen LogP contribution in [0, 0.1) is 5.92 Å². The fraction of sp³-hybridized carbons (Fsp3) is 1.00. The molecule has 2 heterocycles. The van der Waals surface area contributed by atoms with Gasteiger partial charge < -0.3 is 10.2 Å². The van der Waals surface area contributed by atoms with Gasteiger partial charge in [0.1, 0.15) is 0 Å². The van der Waals surface area contributed by atoms with E-state index in [0.29, 0.717) is 19.0 Å². The molecule has 0 aliphatic carbocycles. The van der Waals surface area contributed by atoms with Gasteiger partial charge in [0.05, 0.1) is 0 Å². The first-order valence-corrected chi connectivity index (χ1v) is 9.59. The molecule has 6 nitrogen and oxygen atoms in total. The van der Waals surface area contributed by atoms with Crippen molar-refractivity contribution in [2.24, 2.45) is 5.92 Å². The van der Waals surface area contributed by atoms with Crippen LogP contribution in [-0.2, 0) is 10.2 Å². The van der Waals surface area contributed by atoms with Gasteiger partial charge in [0.2, 0.25) is 0 Å². The molecule has 2 rings (SSSR count). The first kappa shape index (κ1) is 17.1. The molecule has 7 heteroatoms. The summed E-state index contributed by atoms with van der Waals surface area (Å²) in [4.78, 5) is 2.34. The Hall–Kier alpha value is -0.210. The van der Waals surface area contributed by atoms with Crippen LogP contribution >= 0.6 is 0 Å². The van der Waals surface area contributed by atoms with Crippen molar-refractivity contribution in [3.63, 3.8) is 0 Å². The number of likely N-dealkylation sites (tertiary alicyclic amines) is 1. The molecular formula is C14H30N4O2S. The highest BCUT2D eigenvalue weighted by Gasteiger charge is 2.29. The number of nitrogens with one attached hydrogen (secondary N) is 2. The lowest BCUT2D eigenvalue weighted by Gasteiger charge is -2.32. The molecule has 1 atom stereocenters. The van der Waals surface area contributed by atoms with Gasteiger partial charge in [0, 0.05) is 25.7 Å². The zero-order chi connectivity index (χ0) is 15.3. The highest BCUT2D eigenvalue weighted by Crippen LogP contribution is 2.18. The molecule has 0 bridgehead atoms. The van der Waals surface area contributed by atoms with Crippen LogP contribution in [0.1, 0.15) is 32.6 Å². The molecule has 0 radical (unpaired) electrons. The van der Waals surface area contributed by atoms with E-state index >= 15 is 0 Å². The van der Waals surface area contributed by atoms with Crippen molar-refractivity contribution < 1.29 is 8.42 Å². The van der Waals surface area contributed by atoms with Gasteiger partial charge in [0.25, 0.3) is 10.2 Å². The van der Waals surface area contributed by atoms with E-state index in [0.717, 1.165) is 39.0 Å². The summed E-state index contributed by atoms with van der Waals surface area (Å²) in [6, 6.07) is -0.0249. The summed E-state index contributed by atoms with van der Waals surface area (Å²) >= 11 is 0. The van der Waals surface area contributed by atoms with Gasteiger partial charge in [-0.1, -0.05) is 0 Å². The van der Waals surface area contributed by atoms with Crippen molar-refractivity contribution in [1.29, 1.82) is 0 Å². The van der Waals surface area contributed by atoms with E-state index < -0.39 is 10.2 Å². The smallest absolute Gasteiger partial charge is 0.279 e. The van der Waals surface area contributed by atoms with Crippen LogP contribution < -0.4 is 10.0 Å². The maximum absolute atomic E-state index is 12.4. The van der Waals surface area contributed by atoms with Gasteiger partial charge in [-0.25, -0.2) is 0 Å². The first-order valence-electron chi connectivity index (χ1n) is 8.15. The number of rotatable bonds is 7. The zero-order valence-electron chi connectivity index (χ0n) is 13.3. The Labute approximate surface area is 129 Å². The Bertz CT molecular complexity index is 401. The summed E-state index contributed by atoms with van der Waals surface area (Å²) in [5.41, 5.74) is 0. The summed E-state index contributed by atoms with van der Waals surface area (Å²) in [5.74, 6) is 0.600. The summed E-state index contributed by atoms with van der Waals surface area (Å²) in [6.07, 6.45) is 4.36. The van der Waals surface area contributed by atoms with Gasteiger partial charge in [-0.3, -0.25) is 0 Å². The third kappa shape index (κ3) is 5.17. The number of piperidine rings is 1. The summed E-state index contributed by atoms with van der Waals surface area (Å²) in [5, 5.41) is 3.17. The number of hydrogen-bond acceptors (Lipinski definition) is 4. The Kier molecular flexibility index (Phi) is 6.43. The van der Waals surface area contributed by atoms with E-state index in [4.69, 9.17) is 0 Å². The second-order valence-electron chi connectivity index (χ2n) is 6.43. The molecule has 2 N–H and O–H groups in total. The molecule has 0 saturated carbocycles. The van der Waals surface area contributed by atoms with Crippen molar-refractivity contribution in [3.05, 3.63) is 0 Å². The van der Waals surface area contributed by atoms with E-state index in [1.54, 1.807) is 4.31 Å². The van der Waals surface area contributed by atoms with Crippen molar-refractivity contribution in [3.8, 4) is 0 Å². The lowest BCUT2D eigenvalue weighted by atomic mass is 9.98. The average molecular weight is 318 g/mol. The molecule has 2 saturated heterocycles. The van der Waals surface area contributed by atoms with Gasteiger partial charge in [-0.2, -0.15) is 17.4 Å². The zero-order valence-corrected chi connectivity index (χ0v) is 14.2. The summed E-state index contributed by atoms with van der Waals surface area (Å²) in [6.45, 7) is 7.23. The van der Waals surface area contributed by atoms with E-state index in [1.165, 1.54) is 12.8 Å². The van der Waals surface area contributed by atoms with Gasteiger partial charge in [0.15, 0.2) is 0 Å². The maximum atomic E-state index is 12.4. The van der Waals surface area contributed by atoms with E-state index in [-0.39, 0.29) is 6.04 Å². The monoisotopic (exact) mass is 318 g/mol. The Morgan fingerprint density at radius 1 is 1.14 bits per heavy atom. The number of nitrogens with zero attached hydrogens (tertiary/aromatic N) is 2. The Morgan fingerprint density at radius 3 is 2.33 bits per heavy atom. The predicted octanol–water partition coefficient (Wildman–Crippen LogP) is 0.237. The minimum absolute atomic E-state index is 0.0249. The highest BCUT2D eigenvalue weighted by atomic mass is 32.2. The minimum atomic E-state index is -3.33. The molecule has 0 spiro atoms. The molecule has 21 heavy (non-hydrogen) atoms. The van der Waals surface area contributed by atoms with Crippen LogP contribution in [0.25, 0.3) is 0 Å². The minimum Gasteiger partial charge on any atom is -0.319 e. The Morgan fingerprint density at radius 2 is 1.76 bits per heavy atom. The van der Waals surface area contributed by atoms with E-state index in [2.05, 4.69) is 14.9 Å². The number of hydrogen-bond donors (Lipinski definition) is 2. The fourth-order valence-electron chi connectivity index (χ4n) is 3.36. The molecule has 0 amide bonds.